The van der Waals surface area contributed by atoms with Gasteiger partial charge >= 0.3 is 13.1 Å². The Hall–Kier alpha value is -2.69. The van der Waals surface area contributed by atoms with Crippen molar-refractivity contribution in [2.45, 2.75) is 71.7 Å². The minimum atomic E-state index is -1.38. The van der Waals surface area contributed by atoms with Crippen LogP contribution in [0.4, 0.5) is 0 Å². The van der Waals surface area contributed by atoms with Gasteiger partial charge in [-0.1, -0.05) is 33.8 Å². The molecule has 210 valence electrons. The monoisotopic (exact) mass is 539 g/mol. The summed E-state index contributed by atoms with van der Waals surface area (Å²) in [4.78, 5) is 26.7. The summed E-state index contributed by atoms with van der Waals surface area (Å²) in [6.45, 7) is 11.9. The number of nitrogens with zero attached hydrogens (tertiary/aromatic N) is 1. The summed E-state index contributed by atoms with van der Waals surface area (Å²) in [6.07, 6.45) is 1.58. The van der Waals surface area contributed by atoms with Gasteiger partial charge in [-0.3, -0.25) is 4.79 Å². The number of aliphatic hydroxyl groups excluding tert-OH is 2. The fraction of sp³-hybridized carbons (Fsp3) is 0.621. The van der Waals surface area contributed by atoms with Gasteiger partial charge in [0.25, 0.3) is 0 Å². The van der Waals surface area contributed by atoms with Crippen molar-refractivity contribution in [2.75, 3.05) is 0 Å². The van der Waals surface area contributed by atoms with Crippen molar-refractivity contribution in [3.8, 4) is 5.75 Å². The molecule has 4 N–H and O–H groups in total. The van der Waals surface area contributed by atoms with Crippen molar-refractivity contribution in [2.24, 2.45) is 45.1 Å². The van der Waals surface area contributed by atoms with E-state index in [-0.39, 0.29) is 36.2 Å². The lowest BCUT2D eigenvalue weighted by Crippen LogP contribution is -2.63. The van der Waals surface area contributed by atoms with Gasteiger partial charge in [0.1, 0.15) is 11.9 Å². The van der Waals surface area contributed by atoms with E-state index in [2.05, 4.69) is 11.7 Å². The Labute approximate surface area is 229 Å². The van der Waals surface area contributed by atoms with E-state index < -0.39 is 59.5 Å². The number of benzene rings is 1. The Morgan fingerprint density at radius 1 is 1.28 bits per heavy atom. The first-order valence-electron chi connectivity index (χ1n) is 13.7. The number of carboxylic acid groups (broad SMARTS) is 1. The van der Waals surface area contributed by atoms with Gasteiger partial charge < -0.3 is 29.8 Å². The van der Waals surface area contributed by atoms with E-state index in [9.17, 15) is 29.9 Å². The summed E-state index contributed by atoms with van der Waals surface area (Å²) in [7, 11) is -1.31. The summed E-state index contributed by atoms with van der Waals surface area (Å²) in [5.74, 6) is -2.94. The van der Waals surface area contributed by atoms with Crippen molar-refractivity contribution in [3.05, 3.63) is 36.4 Å². The molecular formula is C29H38BNO8. The molecule has 3 aliphatic carbocycles. The fourth-order valence-electron chi connectivity index (χ4n) is 8.51. The summed E-state index contributed by atoms with van der Waals surface area (Å²) in [6, 6.07) is 4.82. The van der Waals surface area contributed by atoms with Crippen molar-refractivity contribution in [1.82, 2.24) is 0 Å². The Balaban J connectivity index is 1.66. The van der Waals surface area contributed by atoms with Crippen LogP contribution in [-0.2, 0) is 14.3 Å². The van der Waals surface area contributed by atoms with Crippen molar-refractivity contribution in [1.29, 1.82) is 0 Å². The highest BCUT2D eigenvalue weighted by atomic mass is 16.6. The van der Waals surface area contributed by atoms with E-state index in [1.807, 2.05) is 27.7 Å². The van der Waals surface area contributed by atoms with E-state index in [0.717, 1.165) is 6.42 Å². The zero-order chi connectivity index (χ0) is 28.5. The predicted octanol–water partition coefficient (Wildman–Crippen LogP) is 2.15. The molecule has 0 radical (unpaired) electrons. The first-order chi connectivity index (χ1) is 18.3. The van der Waals surface area contributed by atoms with Crippen LogP contribution in [0.15, 0.2) is 36.0 Å². The summed E-state index contributed by atoms with van der Waals surface area (Å²) in [5, 5.41) is 47.2. The maximum absolute atomic E-state index is 13.7. The standard InChI is InChI=1S/C29H38BNO8/c1-6-27(4)12-19(23(26(35)36)38-18-8-7-17-14-31-39-30(37)20(17)11-18)28(5)15(2)9-10-29(16(3)25(27)34)13-21(32)22(33)24(28)29/h6-8,11,14-16,19,21,23-25,32,34,37H,1,9-10,12-13H2,2-5H3,(H,35,36)/t15-,16+,19+,21?,23?,24+,25+,27-,28-,29+/m1/s1. The maximum atomic E-state index is 13.7. The number of hydrogen-bond acceptors (Lipinski definition) is 8. The Morgan fingerprint density at radius 3 is 2.67 bits per heavy atom. The number of Topliss-reactive ketones (excluding diaryl/α,β-unsaturated/α-hetero) is 1. The summed E-state index contributed by atoms with van der Waals surface area (Å²) < 4.78 is 11.2. The number of fused-ring (bicyclic) bond motifs is 1. The van der Waals surface area contributed by atoms with Crippen LogP contribution in [0.1, 0.15) is 58.9 Å². The van der Waals surface area contributed by atoms with Gasteiger partial charge in [-0.05, 0) is 72.1 Å². The van der Waals surface area contributed by atoms with Gasteiger partial charge in [0, 0.05) is 22.7 Å². The number of carbonyl (C=O) groups is 2. The Morgan fingerprint density at radius 2 is 2.00 bits per heavy atom. The summed E-state index contributed by atoms with van der Waals surface area (Å²) in [5.41, 5.74) is -1.37. The molecular weight excluding hydrogens is 501 g/mol. The molecule has 1 aromatic rings. The topological polar surface area (TPSA) is 146 Å². The molecule has 5 rings (SSSR count). The zero-order valence-corrected chi connectivity index (χ0v) is 22.9. The molecule has 2 bridgehead atoms. The molecule has 39 heavy (non-hydrogen) atoms. The average molecular weight is 539 g/mol. The Kier molecular flexibility index (Phi) is 6.76. The minimum Gasteiger partial charge on any atom is -0.478 e. The van der Waals surface area contributed by atoms with Gasteiger partial charge in [0.2, 0.25) is 0 Å². The molecule has 0 aromatic heterocycles. The normalized spacial score (nSPS) is 41.9. The van der Waals surface area contributed by atoms with Crippen LogP contribution in [0.3, 0.4) is 0 Å². The largest absolute Gasteiger partial charge is 0.583 e. The van der Waals surface area contributed by atoms with Gasteiger partial charge in [0.15, 0.2) is 11.9 Å². The molecule has 0 amide bonds. The summed E-state index contributed by atoms with van der Waals surface area (Å²) >= 11 is 0. The molecule has 10 heteroatoms. The van der Waals surface area contributed by atoms with Crippen LogP contribution in [0, 0.1) is 39.9 Å². The number of ketones is 1. The molecule has 3 saturated carbocycles. The molecule has 0 saturated heterocycles. The van der Waals surface area contributed by atoms with E-state index in [1.54, 1.807) is 18.2 Å². The molecule has 1 aliphatic heterocycles. The zero-order valence-electron chi connectivity index (χ0n) is 22.9. The van der Waals surface area contributed by atoms with E-state index in [0.29, 0.717) is 17.4 Å². The fourth-order valence-corrected chi connectivity index (χ4v) is 8.51. The second-order valence-corrected chi connectivity index (χ2v) is 12.7. The minimum absolute atomic E-state index is 0.0493. The first-order valence-corrected chi connectivity index (χ1v) is 13.7. The van der Waals surface area contributed by atoms with Crippen molar-refractivity contribution >= 4 is 30.5 Å². The maximum Gasteiger partial charge on any atom is 0.583 e. The van der Waals surface area contributed by atoms with Crippen LogP contribution >= 0.6 is 0 Å². The van der Waals surface area contributed by atoms with Gasteiger partial charge in [0.05, 0.1) is 12.3 Å². The third-order valence-electron chi connectivity index (χ3n) is 11.0. The number of hydrogen-bond donors (Lipinski definition) is 4. The van der Waals surface area contributed by atoms with Gasteiger partial charge in [-0.25, -0.2) is 4.79 Å². The van der Waals surface area contributed by atoms with E-state index in [1.165, 1.54) is 12.3 Å². The first kappa shape index (κ1) is 27.9. The molecule has 1 heterocycles. The SMILES string of the molecule is C=C[C@]1(C)C[C@@H](C(Oc2ccc3c(c2)B(O)ON=C3)C(=O)O)[C@@]2(C)[C@H](C)CC[C@]3(CC(O)C(=O)[C@H]32)[C@@H](C)[C@@H]1O. The molecule has 3 fully saturated rings. The molecule has 10 atom stereocenters. The second kappa shape index (κ2) is 9.46. The van der Waals surface area contributed by atoms with E-state index >= 15 is 0 Å². The van der Waals surface area contributed by atoms with Crippen LogP contribution in [0.2, 0.25) is 0 Å². The van der Waals surface area contributed by atoms with Crippen LogP contribution < -0.4 is 10.2 Å². The highest BCUT2D eigenvalue weighted by Crippen LogP contribution is 2.69. The third-order valence-corrected chi connectivity index (χ3v) is 11.0. The second-order valence-electron chi connectivity index (χ2n) is 12.7. The quantitative estimate of drug-likeness (QED) is 0.329. The van der Waals surface area contributed by atoms with Crippen LogP contribution in [0.5, 0.6) is 5.75 Å². The molecule has 1 aromatic carbocycles. The Bertz CT molecular complexity index is 1220. The number of aliphatic carboxylic acids is 1. The number of rotatable bonds is 5. The average Bonchev–Trinajstić information content (AvgIpc) is 3.18. The molecule has 4 aliphatic rings. The highest BCUT2D eigenvalue weighted by Gasteiger charge is 2.70. The highest BCUT2D eigenvalue weighted by molar-refractivity contribution is 6.62. The predicted molar refractivity (Wildman–Crippen MR) is 144 cm³/mol. The van der Waals surface area contributed by atoms with Crippen molar-refractivity contribution < 1.29 is 39.4 Å². The smallest absolute Gasteiger partial charge is 0.478 e. The molecule has 0 spiro atoms. The molecule has 9 nitrogen and oxygen atoms in total. The number of carbonyl (C=O) groups excluding carboxylic acids is 1. The van der Waals surface area contributed by atoms with Crippen LogP contribution in [0.25, 0.3) is 0 Å². The van der Waals surface area contributed by atoms with E-state index in [4.69, 9.17) is 9.49 Å². The number of oxime groups is 1. The van der Waals surface area contributed by atoms with Crippen LogP contribution in [-0.4, -0.2) is 63.7 Å². The van der Waals surface area contributed by atoms with Crippen molar-refractivity contribution in [3.63, 3.8) is 0 Å². The number of ether oxygens (including phenoxy) is 1. The number of carboxylic acids is 1. The lowest BCUT2D eigenvalue weighted by atomic mass is 9.41. The number of aliphatic hydroxyl groups is 2. The lowest BCUT2D eigenvalue weighted by Gasteiger charge is -2.62. The van der Waals surface area contributed by atoms with Gasteiger partial charge in [-0.15, -0.1) is 11.7 Å². The van der Waals surface area contributed by atoms with Gasteiger partial charge in [-0.2, -0.15) is 0 Å². The molecule has 2 unspecified atom stereocenters. The third kappa shape index (κ3) is 3.97. The lowest BCUT2D eigenvalue weighted by molar-refractivity contribution is -0.193.